The molecule has 1 aromatic heterocycles. The summed E-state index contributed by atoms with van der Waals surface area (Å²) in [6, 6.07) is 15.4. The van der Waals surface area contributed by atoms with E-state index in [9.17, 15) is 4.79 Å². The molecule has 0 aliphatic rings. The SMILES string of the molecule is NCCCC(=O)Nc1cccc(-c2ccccc2)n1. The lowest BCUT2D eigenvalue weighted by Gasteiger charge is -2.06. The van der Waals surface area contributed by atoms with Crippen molar-refractivity contribution < 1.29 is 4.79 Å². The summed E-state index contributed by atoms with van der Waals surface area (Å²) in [5.74, 6) is 0.520. The van der Waals surface area contributed by atoms with Gasteiger partial charge >= 0.3 is 0 Å². The minimum Gasteiger partial charge on any atom is -0.330 e. The van der Waals surface area contributed by atoms with Crippen LogP contribution in [0.3, 0.4) is 0 Å². The molecule has 1 amide bonds. The third-order valence-electron chi connectivity index (χ3n) is 2.69. The Kier molecular flexibility index (Phi) is 4.64. The minimum absolute atomic E-state index is 0.0526. The first-order chi connectivity index (χ1) is 9.29. The van der Waals surface area contributed by atoms with Crippen molar-refractivity contribution in [3.63, 3.8) is 0 Å². The van der Waals surface area contributed by atoms with E-state index < -0.39 is 0 Å². The molecule has 4 nitrogen and oxygen atoms in total. The number of hydrogen-bond donors (Lipinski definition) is 2. The topological polar surface area (TPSA) is 68.0 Å². The zero-order valence-electron chi connectivity index (χ0n) is 10.7. The van der Waals surface area contributed by atoms with Gasteiger partial charge in [0.25, 0.3) is 0 Å². The van der Waals surface area contributed by atoms with Crippen LogP contribution in [0.4, 0.5) is 5.82 Å². The maximum Gasteiger partial charge on any atom is 0.225 e. The highest BCUT2D eigenvalue weighted by atomic mass is 16.1. The van der Waals surface area contributed by atoms with E-state index in [1.54, 1.807) is 6.07 Å². The average molecular weight is 255 g/mol. The van der Waals surface area contributed by atoms with Crippen molar-refractivity contribution in [3.05, 3.63) is 48.5 Å². The molecule has 4 heteroatoms. The third-order valence-corrected chi connectivity index (χ3v) is 2.69. The van der Waals surface area contributed by atoms with Gasteiger partial charge in [-0.05, 0) is 25.1 Å². The van der Waals surface area contributed by atoms with Crippen LogP contribution in [0.5, 0.6) is 0 Å². The molecule has 0 saturated carbocycles. The van der Waals surface area contributed by atoms with E-state index in [4.69, 9.17) is 5.73 Å². The maximum atomic E-state index is 11.6. The first kappa shape index (κ1) is 13.2. The lowest BCUT2D eigenvalue weighted by molar-refractivity contribution is -0.116. The van der Waals surface area contributed by atoms with E-state index in [0.717, 1.165) is 11.3 Å². The zero-order chi connectivity index (χ0) is 13.5. The number of nitrogens with one attached hydrogen (secondary N) is 1. The Bertz CT molecular complexity index is 540. The quantitative estimate of drug-likeness (QED) is 0.862. The van der Waals surface area contributed by atoms with Gasteiger partial charge in [0.05, 0.1) is 5.69 Å². The minimum atomic E-state index is -0.0526. The summed E-state index contributed by atoms with van der Waals surface area (Å²) < 4.78 is 0. The van der Waals surface area contributed by atoms with Gasteiger partial charge in [0.15, 0.2) is 0 Å². The Morgan fingerprint density at radius 3 is 2.63 bits per heavy atom. The molecular formula is C15H17N3O. The van der Waals surface area contributed by atoms with Crippen molar-refractivity contribution in [3.8, 4) is 11.3 Å². The molecule has 0 radical (unpaired) electrons. The second-order valence-corrected chi connectivity index (χ2v) is 4.21. The van der Waals surface area contributed by atoms with Gasteiger partial charge in [0, 0.05) is 12.0 Å². The van der Waals surface area contributed by atoms with Gasteiger partial charge in [0.2, 0.25) is 5.91 Å². The Labute approximate surface area is 112 Å². The number of hydrogen-bond acceptors (Lipinski definition) is 3. The first-order valence-electron chi connectivity index (χ1n) is 6.32. The van der Waals surface area contributed by atoms with Crippen LogP contribution in [0.15, 0.2) is 48.5 Å². The number of amides is 1. The molecule has 2 aromatic rings. The zero-order valence-corrected chi connectivity index (χ0v) is 10.7. The Morgan fingerprint density at radius 1 is 1.11 bits per heavy atom. The van der Waals surface area contributed by atoms with Gasteiger partial charge < -0.3 is 11.1 Å². The van der Waals surface area contributed by atoms with E-state index >= 15 is 0 Å². The van der Waals surface area contributed by atoms with Crippen LogP contribution < -0.4 is 11.1 Å². The highest BCUT2D eigenvalue weighted by Gasteiger charge is 2.04. The number of carbonyl (C=O) groups excluding carboxylic acids is 1. The van der Waals surface area contributed by atoms with Crippen molar-refractivity contribution in [2.45, 2.75) is 12.8 Å². The molecule has 0 atom stereocenters. The van der Waals surface area contributed by atoms with E-state index in [1.165, 1.54) is 0 Å². The molecule has 0 unspecified atom stereocenters. The van der Waals surface area contributed by atoms with Gasteiger partial charge in [-0.1, -0.05) is 36.4 Å². The summed E-state index contributed by atoms with van der Waals surface area (Å²) in [7, 11) is 0. The van der Waals surface area contributed by atoms with Crippen LogP contribution >= 0.6 is 0 Å². The predicted molar refractivity (Wildman–Crippen MR) is 76.6 cm³/mol. The lowest BCUT2D eigenvalue weighted by Crippen LogP contribution is -2.14. The summed E-state index contributed by atoms with van der Waals surface area (Å²) in [6.45, 7) is 0.519. The molecule has 3 N–H and O–H groups in total. The van der Waals surface area contributed by atoms with E-state index in [2.05, 4.69) is 10.3 Å². The smallest absolute Gasteiger partial charge is 0.225 e. The molecule has 0 fully saturated rings. The lowest BCUT2D eigenvalue weighted by atomic mass is 10.1. The fraction of sp³-hybridized carbons (Fsp3) is 0.200. The number of rotatable bonds is 5. The Hall–Kier alpha value is -2.20. The number of carbonyl (C=O) groups is 1. The number of nitrogens with two attached hydrogens (primary N) is 1. The number of anilines is 1. The second kappa shape index (κ2) is 6.66. The number of nitrogens with zero attached hydrogens (tertiary/aromatic N) is 1. The third kappa shape index (κ3) is 3.89. The van der Waals surface area contributed by atoms with Crippen LogP contribution in [-0.2, 0) is 4.79 Å². The van der Waals surface area contributed by atoms with E-state index in [0.29, 0.717) is 25.2 Å². The van der Waals surface area contributed by atoms with Crippen molar-refractivity contribution in [2.75, 3.05) is 11.9 Å². The van der Waals surface area contributed by atoms with Crippen molar-refractivity contribution in [1.29, 1.82) is 0 Å². The molecule has 2 rings (SSSR count). The van der Waals surface area contributed by atoms with Crippen molar-refractivity contribution in [1.82, 2.24) is 4.98 Å². The largest absolute Gasteiger partial charge is 0.330 e. The summed E-state index contributed by atoms with van der Waals surface area (Å²) in [4.78, 5) is 16.0. The van der Waals surface area contributed by atoms with Gasteiger partial charge in [-0.3, -0.25) is 4.79 Å². The number of pyridine rings is 1. The molecule has 0 aliphatic heterocycles. The summed E-state index contributed by atoms with van der Waals surface area (Å²) in [6.07, 6.45) is 1.11. The molecule has 0 spiro atoms. The molecule has 0 bridgehead atoms. The van der Waals surface area contributed by atoms with Gasteiger partial charge in [-0.2, -0.15) is 0 Å². The van der Waals surface area contributed by atoms with E-state index in [-0.39, 0.29) is 5.91 Å². The number of aromatic nitrogens is 1. The predicted octanol–water partition coefficient (Wildman–Crippen LogP) is 2.43. The molecule has 19 heavy (non-hydrogen) atoms. The van der Waals surface area contributed by atoms with Crippen molar-refractivity contribution >= 4 is 11.7 Å². The number of benzene rings is 1. The molecule has 0 aliphatic carbocycles. The first-order valence-corrected chi connectivity index (χ1v) is 6.32. The van der Waals surface area contributed by atoms with Gasteiger partial charge in [0.1, 0.15) is 5.82 Å². The molecule has 98 valence electrons. The average Bonchev–Trinajstić information content (AvgIpc) is 2.46. The Balaban J connectivity index is 2.10. The van der Waals surface area contributed by atoms with E-state index in [1.807, 2.05) is 42.5 Å². The van der Waals surface area contributed by atoms with Crippen LogP contribution in [0.2, 0.25) is 0 Å². The van der Waals surface area contributed by atoms with Crippen LogP contribution in [-0.4, -0.2) is 17.4 Å². The molecule has 1 heterocycles. The van der Waals surface area contributed by atoms with Crippen LogP contribution in [0.1, 0.15) is 12.8 Å². The molecular weight excluding hydrogens is 238 g/mol. The summed E-state index contributed by atoms with van der Waals surface area (Å²) >= 11 is 0. The van der Waals surface area contributed by atoms with Gasteiger partial charge in [-0.15, -0.1) is 0 Å². The highest BCUT2D eigenvalue weighted by molar-refractivity contribution is 5.89. The van der Waals surface area contributed by atoms with Crippen LogP contribution in [0, 0.1) is 0 Å². The maximum absolute atomic E-state index is 11.6. The summed E-state index contributed by atoms with van der Waals surface area (Å²) in [5, 5.41) is 2.78. The van der Waals surface area contributed by atoms with Crippen LogP contribution in [0.25, 0.3) is 11.3 Å². The summed E-state index contributed by atoms with van der Waals surface area (Å²) in [5.41, 5.74) is 7.25. The monoisotopic (exact) mass is 255 g/mol. The Morgan fingerprint density at radius 2 is 1.89 bits per heavy atom. The van der Waals surface area contributed by atoms with Gasteiger partial charge in [-0.25, -0.2) is 4.98 Å². The second-order valence-electron chi connectivity index (χ2n) is 4.21. The normalized spacial score (nSPS) is 10.2. The van der Waals surface area contributed by atoms with Crippen molar-refractivity contribution in [2.24, 2.45) is 5.73 Å². The molecule has 0 saturated heterocycles. The standard InChI is InChI=1S/C15H17N3O/c16-11-5-10-15(19)18-14-9-4-8-13(17-14)12-6-2-1-3-7-12/h1-4,6-9H,5,10-11,16H2,(H,17,18,19). The molecule has 1 aromatic carbocycles. The highest BCUT2D eigenvalue weighted by Crippen LogP contribution is 2.18. The fourth-order valence-electron chi connectivity index (χ4n) is 1.74. The fourth-order valence-corrected chi connectivity index (χ4v) is 1.74.